The Kier molecular flexibility index (Phi) is 5.23. The van der Waals surface area contributed by atoms with E-state index in [4.69, 9.17) is 9.69 Å². The molecule has 86 valence electrons. The molecule has 0 amide bonds. The normalized spacial score (nSPS) is 11.1. The van der Waals surface area contributed by atoms with E-state index in [2.05, 4.69) is 31.3 Å². The minimum absolute atomic E-state index is 0.644. The van der Waals surface area contributed by atoms with Gasteiger partial charge in [-0.3, -0.25) is 0 Å². The standard InChI is InChI=1S/C13H19NOSi/c1-16(2,11-7-6-10-14)15-12-13-8-4-3-5-9-13/h3-5,8-9H,6-7,11-12H2,1-2H3. The van der Waals surface area contributed by atoms with E-state index in [0.717, 1.165) is 12.5 Å². The third kappa shape index (κ3) is 5.10. The van der Waals surface area contributed by atoms with Gasteiger partial charge in [-0.1, -0.05) is 30.3 Å². The Morgan fingerprint density at radius 1 is 1.25 bits per heavy atom. The molecule has 3 heteroatoms. The van der Waals surface area contributed by atoms with Crippen molar-refractivity contribution >= 4 is 8.32 Å². The second-order valence-electron chi connectivity index (χ2n) is 4.55. The van der Waals surface area contributed by atoms with Crippen LogP contribution in [0.5, 0.6) is 0 Å². The zero-order valence-electron chi connectivity index (χ0n) is 10.1. The zero-order chi connectivity index (χ0) is 11.9. The first-order chi connectivity index (χ1) is 7.64. The van der Waals surface area contributed by atoms with Crippen molar-refractivity contribution in [1.82, 2.24) is 0 Å². The van der Waals surface area contributed by atoms with E-state index in [1.165, 1.54) is 5.56 Å². The first-order valence-electron chi connectivity index (χ1n) is 5.69. The van der Waals surface area contributed by atoms with E-state index in [1.807, 2.05) is 18.2 Å². The van der Waals surface area contributed by atoms with Gasteiger partial charge in [-0.15, -0.1) is 0 Å². The summed E-state index contributed by atoms with van der Waals surface area (Å²) in [7, 11) is -1.57. The lowest BCUT2D eigenvalue weighted by molar-refractivity contribution is 0.294. The Hall–Kier alpha value is -1.11. The molecule has 0 saturated heterocycles. The molecule has 0 atom stereocenters. The van der Waals surface area contributed by atoms with Crippen molar-refractivity contribution in [3.63, 3.8) is 0 Å². The molecule has 0 heterocycles. The topological polar surface area (TPSA) is 33.0 Å². The van der Waals surface area contributed by atoms with Gasteiger partial charge in [-0.2, -0.15) is 5.26 Å². The minimum atomic E-state index is -1.57. The molecular formula is C13H19NOSi. The van der Waals surface area contributed by atoms with Gasteiger partial charge in [-0.05, 0) is 31.1 Å². The summed E-state index contributed by atoms with van der Waals surface area (Å²) in [5.74, 6) is 0. The highest BCUT2D eigenvalue weighted by Gasteiger charge is 2.21. The van der Waals surface area contributed by atoms with Crippen LogP contribution in [0.3, 0.4) is 0 Å². The number of nitriles is 1. The van der Waals surface area contributed by atoms with Gasteiger partial charge in [0.2, 0.25) is 0 Å². The van der Waals surface area contributed by atoms with Gasteiger partial charge >= 0.3 is 0 Å². The molecule has 0 N–H and O–H groups in total. The van der Waals surface area contributed by atoms with E-state index < -0.39 is 8.32 Å². The van der Waals surface area contributed by atoms with Crippen LogP contribution in [0.2, 0.25) is 19.1 Å². The number of rotatable bonds is 6. The highest BCUT2D eigenvalue weighted by atomic mass is 28.4. The summed E-state index contributed by atoms with van der Waals surface area (Å²) in [5.41, 5.74) is 1.23. The van der Waals surface area contributed by atoms with Crippen LogP contribution in [-0.4, -0.2) is 8.32 Å². The lowest BCUT2D eigenvalue weighted by atomic mass is 10.2. The Bertz CT molecular complexity index is 343. The lowest BCUT2D eigenvalue weighted by Gasteiger charge is -2.22. The lowest BCUT2D eigenvalue weighted by Crippen LogP contribution is -2.29. The van der Waals surface area contributed by atoms with E-state index in [-0.39, 0.29) is 0 Å². The number of hydrogen-bond acceptors (Lipinski definition) is 2. The Balaban J connectivity index is 2.33. The van der Waals surface area contributed by atoms with Crippen LogP contribution in [0.15, 0.2) is 30.3 Å². The molecule has 0 unspecified atom stereocenters. The Labute approximate surface area is 99.0 Å². The molecule has 0 saturated carbocycles. The van der Waals surface area contributed by atoms with Gasteiger partial charge < -0.3 is 4.43 Å². The fourth-order valence-electron chi connectivity index (χ4n) is 1.52. The van der Waals surface area contributed by atoms with Crippen molar-refractivity contribution in [2.45, 2.75) is 38.6 Å². The average molecular weight is 233 g/mol. The number of unbranched alkanes of at least 4 members (excludes halogenated alkanes) is 1. The molecule has 0 aliphatic heterocycles. The van der Waals surface area contributed by atoms with Gasteiger partial charge in [0.25, 0.3) is 0 Å². The van der Waals surface area contributed by atoms with Crippen LogP contribution in [0, 0.1) is 11.3 Å². The maximum absolute atomic E-state index is 8.50. The van der Waals surface area contributed by atoms with Crippen LogP contribution in [0.1, 0.15) is 18.4 Å². The highest BCUT2D eigenvalue weighted by molar-refractivity contribution is 6.71. The molecule has 0 aliphatic carbocycles. The van der Waals surface area contributed by atoms with Crippen molar-refractivity contribution in [2.24, 2.45) is 0 Å². The molecular weight excluding hydrogens is 214 g/mol. The molecule has 1 aromatic rings. The van der Waals surface area contributed by atoms with Crippen LogP contribution in [0.4, 0.5) is 0 Å². The van der Waals surface area contributed by atoms with Crippen LogP contribution < -0.4 is 0 Å². The van der Waals surface area contributed by atoms with Gasteiger partial charge in [0.15, 0.2) is 8.32 Å². The molecule has 0 radical (unpaired) electrons. The molecule has 0 aromatic heterocycles. The van der Waals surface area contributed by atoms with E-state index >= 15 is 0 Å². The Morgan fingerprint density at radius 2 is 1.94 bits per heavy atom. The van der Waals surface area contributed by atoms with Crippen LogP contribution in [-0.2, 0) is 11.0 Å². The fraction of sp³-hybridized carbons (Fsp3) is 0.462. The second-order valence-corrected chi connectivity index (χ2v) is 8.85. The number of nitrogens with zero attached hydrogens (tertiary/aromatic N) is 1. The zero-order valence-corrected chi connectivity index (χ0v) is 11.1. The molecule has 16 heavy (non-hydrogen) atoms. The maximum Gasteiger partial charge on any atom is 0.187 e. The molecule has 1 aromatic carbocycles. The third-order valence-corrected chi connectivity index (χ3v) is 5.02. The predicted octanol–water partition coefficient (Wildman–Crippen LogP) is 3.71. The van der Waals surface area contributed by atoms with E-state index in [1.54, 1.807) is 0 Å². The smallest absolute Gasteiger partial charge is 0.187 e. The predicted molar refractivity (Wildman–Crippen MR) is 68.4 cm³/mol. The van der Waals surface area contributed by atoms with Crippen molar-refractivity contribution in [3.8, 4) is 6.07 Å². The van der Waals surface area contributed by atoms with Crippen molar-refractivity contribution in [2.75, 3.05) is 0 Å². The monoisotopic (exact) mass is 233 g/mol. The van der Waals surface area contributed by atoms with Crippen LogP contribution in [0.25, 0.3) is 0 Å². The summed E-state index contributed by atoms with van der Waals surface area (Å²) in [6.07, 6.45) is 1.61. The number of benzene rings is 1. The third-order valence-electron chi connectivity index (χ3n) is 2.54. The van der Waals surface area contributed by atoms with Gasteiger partial charge in [-0.25, -0.2) is 0 Å². The van der Waals surface area contributed by atoms with Gasteiger partial charge in [0.05, 0.1) is 12.7 Å². The second kappa shape index (κ2) is 6.47. The Morgan fingerprint density at radius 3 is 2.56 bits per heavy atom. The summed E-state index contributed by atoms with van der Waals surface area (Å²) < 4.78 is 5.99. The molecule has 0 fully saturated rings. The minimum Gasteiger partial charge on any atom is -0.413 e. The first-order valence-corrected chi connectivity index (χ1v) is 8.80. The van der Waals surface area contributed by atoms with Gasteiger partial charge in [0.1, 0.15) is 0 Å². The fourth-order valence-corrected chi connectivity index (χ4v) is 3.25. The summed E-state index contributed by atoms with van der Waals surface area (Å²) in [6.45, 7) is 5.13. The summed E-state index contributed by atoms with van der Waals surface area (Å²) in [4.78, 5) is 0. The maximum atomic E-state index is 8.50. The number of hydrogen-bond donors (Lipinski definition) is 0. The molecule has 2 nitrogen and oxygen atoms in total. The van der Waals surface area contributed by atoms with Crippen molar-refractivity contribution in [3.05, 3.63) is 35.9 Å². The molecule has 0 bridgehead atoms. The first kappa shape index (κ1) is 13.0. The van der Waals surface area contributed by atoms with Crippen molar-refractivity contribution < 1.29 is 4.43 Å². The molecule has 0 aliphatic rings. The largest absolute Gasteiger partial charge is 0.413 e. The van der Waals surface area contributed by atoms with Crippen molar-refractivity contribution in [1.29, 1.82) is 5.26 Å². The quantitative estimate of drug-likeness (QED) is 0.554. The SMILES string of the molecule is C[Si](C)(CCCC#N)OCc1ccccc1. The highest BCUT2D eigenvalue weighted by Crippen LogP contribution is 2.17. The van der Waals surface area contributed by atoms with E-state index in [9.17, 15) is 0 Å². The molecule has 0 spiro atoms. The summed E-state index contributed by atoms with van der Waals surface area (Å²) >= 11 is 0. The van der Waals surface area contributed by atoms with Gasteiger partial charge in [0, 0.05) is 6.42 Å². The molecule has 1 rings (SSSR count). The van der Waals surface area contributed by atoms with E-state index in [0.29, 0.717) is 13.0 Å². The van der Waals surface area contributed by atoms with Crippen LogP contribution >= 0.6 is 0 Å². The summed E-state index contributed by atoms with van der Waals surface area (Å²) in [5, 5.41) is 8.50. The summed E-state index contributed by atoms with van der Waals surface area (Å²) in [6, 6.07) is 13.5. The average Bonchev–Trinajstić information content (AvgIpc) is 2.28.